The largest absolute Gasteiger partial charge is 0.292 e. The Morgan fingerprint density at radius 2 is 0.679 bits per heavy atom. The second-order valence-corrected chi connectivity index (χ2v) is 13.2. The van der Waals surface area contributed by atoms with Gasteiger partial charge in [0.1, 0.15) is 23.3 Å². The number of imidazole rings is 2. The Kier molecular flexibility index (Phi) is 8.03. The summed E-state index contributed by atoms with van der Waals surface area (Å²) in [5.41, 5.74) is 8.12. The second kappa shape index (κ2) is 13.6. The summed E-state index contributed by atoms with van der Waals surface area (Å²) in [4.78, 5) is 24.5. The molecule has 0 aliphatic heterocycles. The Bertz CT molecular complexity index is 2860. The first-order valence-corrected chi connectivity index (χ1v) is 18.1. The molecule has 7 nitrogen and oxygen atoms in total. The molecule has 0 saturated heterocycles. The third kappa shape index (κ3) is 5.79. The van der Waals surface area contributed by atoms with Crippen LogP contribution in [0.1, 0.15) is 0 Å². The maximum absolute atomic E-state index is 15.1. The molecule has 0 aliphatic rings. The van der Waals surface area contributed by atoms with E-state index in [9.17, 15) is 0 Å². The maximum Gasteiger partial charge on any atom is 0.164 e. The van der Waals surface area contributed by atoms with Gasteiger partial charge in [-0.25, -0.2) is 33.7 Å². The molecular formula is C47H29F2N7. The molecule has 3 aromatic heterocycles. The zero-order valence-corrected chi connectivity index (χ0v) is 29.6. The van der Waals surface area contributed by atoms with Crippen LogP contribution in [-0.2, 0) is 0 Å². The molecule has 0 unspecified atom stereocenters. The highest BCUT2D eigenvalue weighted by molar-refractivity contribution is 5.85. The minimum Gasteiger partial charge on any atom is -0.292 e. The van der Waals surface area contributed by atoms with Gasteiger partial charge in [0.25, 0.3) is 0 Å². The first-order chi connectivity index (χ1) is 27.6. The van der Waals surface area contributed by atoms with Crippen LogP contribution in [0, 0.1) is 11.6 Å². The van der Waals surface area contributed by atoms with Gasteiger partial charge in [-0.15, -0.1) is 0 Å². The van der Waals surface area contributed by atoms with Gasteiger partial charge in [-0.05, 0) is 97.1 Å². The standard InChI is InChI=1S/C47H29F2N7/c48-37-16-6-4-14-35(37)46-50-39-18-8-10-20-41(39)55(46)33-26-22-31(23-27-33)44-52-43(30-12-2-1-3-13-30)53-45(54-44)32-24-28-34(29-25-32)56-42-21-11-9-19-40(42)51-47(56)36-15-5-7-17-38(36)49/h1-29H. The smallest absolute Gasteiger partial charge is 0.164 e. The third-order valence-corrected chi connectivity index (χ3v) is 9.79. The number of para-hydroxylation sites is 4. The van der Waals surface area contributed by atoms with E-state index < -0.39 is 0 Å². The quantitative estimate of drug-likeness (QED) is 0.163. The molecule has 0 radical (unpaired) electrons. The number of fused-ring (bicyclic) bond motifs is 2. The van der Waals surface area contributed by atoms with Crippen molar-refractivity contribution < 1.29 is 8.78 Å². The van der Waals surface area contributed by atoms with Crippen LogP contribution < -0.4 is 0 Å². The number of nitrogens with zero attached hydrogens (tertiary/aromatic N) is 7. The van der Waals surface area contributed by atoms with Gasteiger partial charge in [0.05, 0.1) is 33.2 Å². The minimum atomic E-state index is -0.344. The molecule has 0 aliphatic carbocycles. The van der Waals surface area contributed by atoms with Crippen molar-refractivity contribution in [2.24, 2.45) is 0 Å². The Morgan fingerprint density at radius 1 is 0.321 bits per heavy atom. The zero-order chi connectivity index (χ0) is 37.6. The SMILES string of the molecule is Fc1ccccc1-c1nc2ccccc2n1-c1ccc(-c2nc(-c3ccccc3)nc(-c3ccc(-n4c(-c5ccccc5F)nc5ccccc54)cc3)n2)cc1. The fraction of sp³-hybridized carbons (Fsp3) is 0. The van der Waals surface area contributed by atoms with E-state index in [0.29, 0.717) is 40.2 Å². The highest BCUT2D eigenvalue weighted by Gasteiger charge is 2.20. The molecule has 0 bridgehead atoms. The Morgan fingerprint density at radius 3 is 1.11 bits per heavy atom. The zero-order valence-electron chi connectivity index (χ0n) is 29.6. The van der Waals surface area contributed by atoms with E-state index in [1.54, 1.807) is 24.3 Å². The van der Waals surface area contributed by atoms with Crippen molar-refractivity contribution in [2.45, 2.75) is 0 Å². The molecule has 10 rings (SSSR count). The molecule has 0 N–H and O–H groups in total. The number of hydrogen-bond donors (Lipinski definition) is 0. The fourth-order valence-electron chi connectivity index (χ4n) is 7.09. The lowest BCUT2D eigenvalue weighted by atomic mass is 10.1. The van der Waals surface area contributed by atoms with Crippen molar-refractivity contribution in [3.05, 3.63) is 188 Å². The monoisotopic (exact) mass is 729 g/mol. The first kappa shape index (κ1) is 33.0. The van der Waals surface area contributed by atoms with Crippen molar-refractivity contribution in [3.8, 4) is 68.3 Å². The summed E-state index contributed by atoms with van der Waals surface area (Å²) in [6.45, 7) is 0. The average molecular weight is 730 g/mol. The molecule has 10 aromatic rings. The van der Waals surface area contributed by atoms with Gasteiger partial charge < -0.3 is 0 Å². The predicted octanol–water partition coefficient (Wildman–Crippen LogP) is 11.2. The number of hydrogen-bond acceptors (Lipinski definition) is 5. The summed E-state index contributed by atoms with van der Waals surface area (Å²) in [7, 11) is 0. The van der Waals surface area contributed by atoms with Crippen LogP contribution in [0.5, 0.6) is 0 Å². The van der Waals surface area contributed by atoms with Gasteiger partial charge in [0.15, 0.2) is 17.5 Å². The normalized spacial score (nSPS) is 11.4. The molecule has 0 fully saturated rings. The molecule has 9 heteroatoms. The van der Waals surface area contributed by atoms with Crippen LogP contribution in [0.2, 0.25) is 0 Å². The Labute approximate surface area is 319 Å². The highest BCUT2D eigenvalue weighted by atomic mass is 19.1. The summed E-state index contributed by atoms with van der Waals surface area (Å²) in [5.74, 6) is 1.86. The molecular weight excluding hydrogens is 701 g/mol. The summed E-state index contributed by atoms with van der Waals surface area (Å²) in [6, 6.07) is 54.4. The van der Waals surface area contributed by atoms with Crippen LogP contribution in [0.4, 0.5) is 8.78 Å². The average Bonchev–Trinajstić information content (AvgIpc) is 3.83. The summed E-state index contributed by atoms with van der Waals surface area (Å²) in [5, 5.41) is 0. The van der Waals surface area contributed by atoms with Gasteiger partial charge >= 0.3 is 0 Å². The van der Waals surface area contributed by atoms with Gasteiger partial charge in [-0.3, -0.25) is 9.13 Å². The molecule has 0 saturated carbocycles. The van der Waals surface area contributed by atoms with E-state index in [-0.39, 0.29) is 11.6 Å². The first-order valence-electron chi connectivity index (χ1n) is 18.1. The Balaban J connectivity index is 1.06. The van der Waals surface area contributed by atoms with Crippen molar-refractivity contribution in [1.29, 1.82) is 0 Å². The summed E-state index contributed by atoms with van der Waals surface area (Å²) < 4.78 is 34.1. The van der Waals surface area contributed by atoms with Crippen LogP contribution in [0.3, 0.4) is 0 Å². The fourth-order valence-corrected chi connectivity index (χ4v) is 7.09. The summed E-state index contributed by atoms with van der Waals surface area (Å²) >= 11 is 0. The van der Waals surface area contributed by atoms with Gasteiger partial charge in [0, 0.05) is 28.1 Å². The van der Waals surface area contributed by atoms with Crippen LogP contribution >= 0.6 is 0 Å². The molecule has 7 aromatic carbocycles. The number of rotatable bonds is 7. The maximum atomic E-state index is 15.1. The highest BCUT2D eigenvalue weighted by Crippen LogP contribution is 2.34. The minimum absolute atomic E-state index is 0.344. The summed E-state index contributed by atoms with van der Waals surface area (Å²) in [6.07, 6.45) is 0. The van der Waals surface area contributed by atoms with Gasteiger partial charge in [-0.2, -0.15) is 0 Å². The van der Waals surface area contributed by atoms with Crippen molar-refractivity contribution in [2.75, 3.05) is 0 Å². The third-order valence-electron chi connectivity index (χ3n) is 9.79. The van der Waals surface area contributed by atoms with Crippen LogP contribution in [0.25, 0.3) is 90.4 Å². The van der Waals surface area contributed by atoms with Crippen LogP contribution in [0.15, 0.2) is 176 Å². The van der Waals surface area contributed by atoms with Crippen LogP contribution in [-0.4, -0.2) is 34.1 Å². The Hall–Kier alpha value is -7.65. The van der Waals surface area contributed by atoms with Crippen molar-refractivity contribution in [3.63, 3.8) is 0 Å². The lowest BCUT2D eigenvalue weighted by molar-refractivity contribution is 0.629. The molecule has 0 amide bonds. The molecule has 3 heterocycles. The second-order valence-electron chi connectivity index (χ2n) is 13.2. The topological polar surface area (TPSA) is 74.3 Å². The van der Waals surface area contributed by atoms with Crippen molar-refractivity contribution in [1.82, 2.24) is 34.1 Å². The number of aromatic nitrogens is 7. The predicted molar refractivity (Wildman–Crippen MR) is 216 cm³/mol. The van der Waals surface area contributed by atoms with E-state index in [0.717, 1.165) is 50.1 Å². The lowest BCUT2D eigenvalue weighted by Gasteiger charge is -2.13. The van der Waals surface area contributed by atoms with Gasteiger partial charge in [0.2, 0.25) is 0 Å². The van der Waals surface area contributed by atoms with E-state index >= 15 is 8.78 Å². The molecule has 56 heavy (non-hydrogen) atoms. The van der Waals surface area contributed by atoms with E-state index in [1.807, 2.05) is 149 Å². The van der Waals surface area contributed by atoms with E-state index in [4.69, 9.17) is 24.9 Å². The number of benzene rings is 7. The molecule has 266 valence electrons. The van der Waals surface area contributed by atoms with E-state index in [1.165, 1.54) is 12.1 Å². The van der Waals surface area contributed by atoms with Gasteiger partial charge in [-0.1, -0.05) is 78.9 Å². The number of halogens is 2. The molecule has 0 atom stereocenters. The van der Waals surface area contributed by atoms with E-state index in [2.05, 4.69) is 0 Å². The molecule has 0 spiro atoms. The lowest BCUT2D eigenvalue weighted by Crippen LogP contribution is -2.02. The van der Waals surface area contributed by atoms with Crippen molar-refractivity contribution >= 4 is 22.1 Å².